The van der Waals surface area contributed by atoms with Crippen molar-refractivity contribution in [3.05, 3.63) is 100 Å². The molecule has 4 aromatic rings. The normalized spacial score (nSPS) is 12.0. The molecule has 4 rings (SSSR count). The number of carbonyl (C=O) groups is 1. The van der Waals surface area contributed by atoms with Crippen LogP contribution in [0.4, 0.5) is 4.39 Å². The van der Waals surface area contributed by atoms with Gasteiger partial charge in [-0.2, -0.15) is 5.10 Å². The standard InChI is InChI=1S/C29H29FN6O5/c1-16(2)36-15-20(17-5-7-18(30)8-6-17)28(37)27(35-36)29(38)34-25(31)9-10-26(32)41-22-11-12-33-21-14-24(40-4)23(39-3)13-19(21)22/h5-16H,31-32H2,1-4H3,(H,34,38)/b25-9+,26-10+. The van der Waals surface area contributed by atoms with Gasteiger partial charge in [0.2, 0.25) is 5.43 Å². The van der Waals surface area contributed by atoms with E-state index in [-0.39, 0.29) is 29.0 Å². The number of nitrogens with two attached hydrogens (primary N) is 2. The molecule has 41 heavy (non-hydrogen) atoms. The van der Waals surface area contributed by atoms with Gasteiger partial charge in [-0.15, -0.1) is 0 Å². The van der Waals surface area contributed by atoms with Crippen LogP contribution in [0.2, 0.25) is 0 Å². The Kier molecular flexibility index (Phi) is 8.51. The van der Waals surface area contributed by atoms with Gasteiger partial charge in [-0.05, 0) is 49.8 Å². The SMILES string of the molecule is COc1cc2nccc(O/C(N)=C/C=C(\N)NC(=O)c3nn(C(C)C)cc(-c4ccc(F)cc4)c3=O)c2cc1OC. The first-order valence-electron chi connectivity index (χ1n) is 12.4. The van der Waals surface area contributed by atoms with Gasteiger partial charge in [-0.25, -0.2) is 4.39 Å². The Balaban J connectivity index is 1.57. The molecule has 11 nitrogen and oxygen atoms in total. The topological polar surface area (TPSA) is 157 Å². The first-order valence-corrected chi connectivity index (χ1v) is 12.4. The molecule has 0 aliphatic rings. The second-order valence-corrected chi connectivity index (χ2v) is 9.08. The predicted molar refractivity (Wildman–Crippen MR) is 152 cm³/mol. The highest BCUT2D eigenvalue weighted by molar-refractivity contribution is 5.94. The van der Waals surface area contributed by atoms with Gasteiger partial charge in [0.25, 0.3) is 5.91 Å². The van der Waals surface area contributed by atoms with Crippen LogP contribution in [0.1, 0.15) is 30.4 Å². The minimum absolute atomic E-state index is 0.0388. The number of nitrogens with zero attached hydrogens (tertiary/aromatic N) is 3. The zero-order valence-electron chi connectivity index (χ0n) is 22.8. The number of hydrogen-bond donors (Lipinski definition) is 3. The van der Waals surface area contributed by atoms with Crippen molar-refractivity contribution in [2.45, 2.75) is 19.9 Å². The number of methoxy groups -OCH3 is 2. The molecule has 2 aromatic carbocycles. The van der Waals surface area contributed by atoms with Crippen molar-refractivity contribution in [1.29, 1.82) is 0 Å². The number of hydrogen-bond acceptors (Lipinski definition) is 9. The molecule has 12 heteroatoms. The summed E-state index contributed by atoms with van der Waals surface area (Å²) in [6, 6.07) is 10.3. The first-order chi connectivity index (χ1) is 19.6. The van der Waals surface area contributed by atoms with Crippen molar-refractivity contribution < 1.29 is 23.4 Å². The minimum Gasteiger partial charge on any atom is -0.493 e. The summed E-state index contributed by atoms with van der Waals surface area (Å²) in [5, 5.41) is 7.24. The van der Waals surface area contributed by atoms with Crippen LogP contribution in [0.5, 0.6) is 17.2 Å². The Morgan fingerprint density at radius 1 is 1.02 bits per heavy atom. The molecule has 0 radical (unpaired) electrons. The highest BCUT2D eigenvalue weighted by atomic mass is 19.1. The second-order valence-electron chi connectivity index (χ2n) is 9.08. The third-order valence-corrected chi connectivity index (χ3v) is 5.96. The Bertz CT molecular complexity index is 1710. The quantitative estimate of drug-likeness (QED) is 0.206. The molecule has 0 aliphatic carbocycles. The van der Waals surface area contributed by atoms with Gasteiger partial charge >= 0.3 is 0 Å². The largest absolute Gasteiger partial charge is 0.493 e. The number of amides is 1. The van der Waals surface area contributed by atoms with Crippen molar-refractivity contribution in [2.75, 3.05) is 14.2 Å². The van der Waals surface area contributed by atoms with Gasteiger partial charge in [0, 0.05) is 41.5 Å². The van der Waals surface area contributed by atoms with Gasteiger partial charge < -0.3 is 31.0 Å². The Hall–Kier alpha value is -5.39. The lowest BCUT2D eigenvalue weighted by Crippen LogP contribution is -2.34. The van der Waals surface area contributed by atoms with E-state index in [1.165, 1.54) is 61.5 Å². The zero-order valence-corrected chi connectivity index (χ0v) is 22.8. The van der Waals surface area contributed by atoms with E-state index in [0.29, 0.717) is 33.7 Å². The minimum atomic E-state index is -0.823. The van der Waals surface area contributed by atoms with Crippen molar-refractivity contribution in [1.82, 2.24) is 20.1 Å². The van der Waals surface area contributed by atoms with E-state index < -0.39 is 17.2 Å². The number of nitrogens with one attached hydrogen (secondary N) is 1. The summed E-state index contributed by atoms with van der Waals surface area (Å²) >= 11 is 0. The molecule has 0 atom stereocenters. The summed E-state index contributed by atoms with van der Waals surface area (Å²) in [7, 11) is 3.04. The third kappa shape index (κ3) is 6.44. The number of rotatable bonds is 9. The summed E-state index contributed by atoms with van der Waals surface area (Å²) in [6.45, 7) is 3.68. The van der Waals surface area contributed by atoms with Gasteiger partial charge in [0.15, 0.2) is 23.1 Å². The molecule has 0 saturated heterocycles. The zero-order chi connectivity index (χ0) is 29.7. The highest BCUT2D eigenvalue weighted by Gasteiger charge is 2.19. The van der Waals surface area contributed by atoms with E-state index in [9.17, 15) is 14.0 Å². The maximum absolute atomic E-state index is 13.4. The lowest BCUT2D eigenvalue weighted by molar-refractivity contribution is 0.0956. The smallest absolute Gasteiger partial charge is 0.281 e. The number of pyridine rings is 1. The summed E-state index contributed by atoms with van der Waals surface area (Å²) in [5.41, 5.74) is 12.2. The van der Waals surface area contributed by atoms with Crippen LogP contribution in [-0.4, -0.2) is 34.9 Å². The average Bonchev–Trinajstić information content (AvgIpc) is 2.96. The fourth-order valence-corrected chi connectivity index (χ4v) is 3.86. The first kappa shape index (κ1) is 28.6. The number of fused-ring (bicyclic) bond motifs is 1. The van der Waals surface area contributed by atoms with Crippen molar-refractivity contribution in [3.8, 4) is 28.4 Å². The van der Waals surface area contributed by atoms with Crippen LogP contribution in [0.3, 0.4) is 0 Å². The lowest BCUT2D eigenvalue weighted by Gasteiger charge is -2.14. The Morgan fingerprint density at radius 3 is 2.37 bits per heavy atom. The van der Waals surface area contributed by atoms with Gasteiger partial charge in [0.1, 0.15) is 17.4 Å². The molecule has 0 unspecified atom stereocenters. The predicted octanol–water partition coefficient (Wildman–Crippen LogP) is 3.60. The molecule has 0 spiro atoms. The molecule has 212 valence electrons. The van der Waals surface area contributed by atoms with Crippen LogP contribution >= 0.6 is 0 Å². The van der Waals surface area contributed by atoms with Crippen molar-refractivity contribution >= 4 is 16.8 Å². The number of carbonyl (C=O) groups excluding carboxylic acids is 1. The van der Waals surface area contributed by atoms with Crippen LogP contribution in [0, 0.1) is 5.82 Å². The van der Waals surface area contributed by atoms with Gasteiger partial charge in [0.05, 0.1) is 19.7 Å². The summed E-state index contributed by atoms with van der Waals surface area (Å²) in [5.74, 6) is -0.0253. The Morgan fingerprint density at radius 2 is 1.71 bits per heavy atom. The number of benzene rings is 2. The van der Waals surface area contributed by atoms with Crippen LogP contribution in [0.25, 0.3) is 22.0 Å². The molecular weight excluding hydrogens is 531 g/mol. The molecule has 0 saturated carbocycles. The summed E-state index contributed by atoms with van der Waals surface area (Å²) in [6.07, 6.45) is 5.73. The molecule has 0 fully saturated rings. The number of ether oxygens (including phenoxy) is 3. The van der Waals surface area contributed by atoms with E-state index in [2.05, 4.69) is 15.4 Å². The fraction of sp³-hybridized carbons (Fsp3) is 0.172. The number of aromatic nitrogens is 3. The van der Waals surface area contributed by atoms with Crippen molar-refractivity contribution in [3.63, 3.8) is 0 Å². The van der Waals surface area contributed by atoms with Crippen LogP contribution in [0.15, 0.2) is 83.5 Å². The lowest BCUT2D eigenvalue weighted by atomic mass is 10.1. The van der Waals surface area contributed by atoms with E-state index in [1.54, 1.807) is 24.4 Å². The van der Waals surface area contributed by atoms with E-state index >= 15 is 0 Å². The maximum atomic E-state index is 13.4. The number of halogens is 1. The van der Waals surface area contributed by atoms with Crippen LogP contribution in [-0.2, 0) is 0 Å². The number of allylic oxidation sites excluding steroid dienone is 2. The fourth-order valence-electron chi connectivity index (χ4n) is 3.86. The molecule has 0 aliphatic heterocycles. The Labute approximate surface area is 234 Å². The molecule has 5 N–H and O–H groups in total. The summed E-state index contributed by atoms with van der Waals surface area (Å²) < 4.78 is 31.3. The molecule has 0 bridgehead atoms. The van der Waals surface area contributed by atoms with E-state index in [0.717, 1.165) is 0 Å². The second kappa shape index (κ2) is 12.2. The third-order valence-electron chi connectivity index (χ3n) is 5.96. The molecule has 1 amide bonds. The van der Waals surface area contributed by atoms with E-state index in [1.807, 2.05) is 13.8 Å². The van der Waals surface area contributed by atoms with Crippen molar-refractivity contribution in [2.24, 2.45) is 11.5 Å². The molecule has 2 aromatic heterocycles. The average molecular weight is 561 g/mol. The molecular formula is C29H29FN6O5. The monoisotopic (exact) mass is 560 g/mol. The molecule has 2 heterocycles. The van der Waals surface area contributed by atoms with Crippen LogP contribution < -0.4 is 36.4 Å². The van der Waals surface area contributed by atoms with Gasteiger partial charge in [-0.1, -0.05) is 12.1 Å². The maximum Gasteiger partial charge on any atom is 0.281 e. The highest BCUT2D eigenvalue weighted by Crippen LogP contribution is 2.35. The van der Waals surface area contributed by atoms with E-state index in [4.69, 9.17) is 25.7 Å². The summed E-state index contributed by atoms with van der Waals surface area (Å²) in [4.78, 5) is 30.5. The van der Waals surface area contributed by atoms with Gasteiger partial charge in [-0.3, -0.25) is 19.3 Å².